The lowest BCUT2D eigenvalue weighted by molar-refractivity contribution is 0.178. The smallest absolute Gasteiger partial charge is 0.0846 e. The van der Waals surface area contributed by atoms with Crippen molar-refractivity contribution in [1.29, 1.82) is 0 Å². The van der Waals surface area contributed by atoms with Crippen LogP contribution in [0.2, 0.25) is 20.1 Å². The molecule has 2 aromatic rings. The van der Waals surface area contributed by atoms with Crippen LogP contribution in [-0.4, -0.2) is 5.11 Å². The quantitative estimate of drug-likeness (QED) is 0.776. The summed E-state index contributed by atoms with van der Waals surface area (Å²) in [4.78, 5) is 0. The first-order chi connectivity index (χ1) is 8.99. The first-order valence-electron chi connectivity index (χ1n) is 5.55. The van der Waals surface area contributed by atoms with Gasteiger partial charge in [-0.25, -0.2) is 0 Å². The number of halogens is 4. The van der Waals surface area contributed by atoms with Crippen molar-refractivity contribution in [2.45, 2.75) is 12.5 Å². The van der Waals surface area contributed by atoms with Gasteiger partial charge in [-0.2, -0.15) is 0 Å². The van der Waals surface area contributed by atoms with Crippen molar-refractivity contribution >= 4 is 46.4 Å². The Morgan fingerprint density at radius 1 is 0.895 bits per heavy atom. The van der Waals surface area contributed by atoms with E-state index in [1.165, 1.54) is 0 Å². The molecule has 1 nitrogen and oxygen atoms in total. The second kappa shape index (κ2) is 6.34. The molecule has 0 aromatic heterocycles. The van der Waals surface area contributed by atoms with Crippen LogP contribution >= 0.6 is 46.4 Å². The molecule has 0 aliphatic heterocycles. The van der Waals surface area contributed by atoms with E-state index in [1.54, 1.807) is 36.4 Å². The van der Waals surface area contributed by atoms with E-state index in [1.807, 2.05) is 0 Å². The molecule has 0 aliphatic rings. The highest BCUT2D eigenvalue weighted by Gasteiger charge is 2.16. The van der Waals surface area contributed by atoms with E-state index in [0.29, 0.717) is 31.2 Å². The van der Waals surface area contributed by atoms with Gasteiger partial charge in [0.05, 0.1) is 6.10 Å². The molecule has 5 heteroatoms. The Bertz CT molecular complexity index is 578. The minimum absolute atomic E-state index is 0.276. The summed E-state index contributed by atoms with van der Waals surface area (Å²) >= 11 is 24.1. The summed E-state index contributed by atoms with van der Waals surface area (Å²) in [7, 11) is 0. The molecule has 0 spiro atoms. The average Bonchev–Trinajstić information content (AvgIpc) is 2.37. The van der Waals surface area contributed by atoms with Crippen molar-refractivity contribution in [2.75, 3.05) is 0 Å². The lowest BCUT2D eigenvalue weighted by Crippen LogP contribution is -2.03. The van der Waals surface area contributed by atoms with Gasteiger partial charge in [0.2, 0.25) is 0 Å². The number of aliphatic hydroxyl groups excluding tert-OH is 1. The van der Waals surface area contributed by atoms with Crippen LogP contribution in [0.5, 0.6) is 0 Å². The fraction of sp³-hybridized carbons (Fsp3) is 0.143. The van der Waals surface area contributed by atoms with E-state index >= 15 is 0 Å². The van der Waals surface area contributed by atoms with Gasteiger partial charge in [-0.1, -0.05) is 52.5 Å². The Balaban J connectivity index is 2.31. The highest BCUT2D eigenvalue weighted by Crippen LogP contribution is 2.32. The molecule has 0 saturated carbocycles. The van der Waals surface area contributed by atoms with Gasteiger partial charge in [0.1, 0.15) is 0 Å². The Kier molecular flexibility index (Phi) is 4.99. The maximum absolute atomic E-state index is 10.3. The first-order valence-corrected chi connectivity index (χ1v) is 7.06. The van der Waals surface area contributed by atoms with Crippen LogP contribution in [0, 0.1) is 0 Å². The summed E-state index contributed by atoms with van der Waals surface area (Å²) < 4.78 is 0. The van der Waals surface area contributed by atoms with Crippen LogP contribution in [0.4, 0.5) is 0 Å². The van der Waals surface area contributed by atoms with Crippen LogP contribution in [0.3, 0.4) is 0 Å². The number of hydrogen-bond acceptors (Lipinski definition) is 1. The zero-order chi connectivity index (χ0) is 14.0. The molecule has 100 valence electrons. The molecular weight excluding hydrogens is 326 g/mol. The third-order valence-electron chi connectivity index (χ3n) is 2.78. The van der Waals surface area contributed by atoms with E-state index in [0.717, 1.165) is 0 Å². The maximum atomic E-state index is 10.3. The molecule has 0 amide bonds. The molecule has 0 bridgehead atoms. The minimum atomic E-state index is -0.816. The normalized spacial score (nSPS) is 12.5. The van der Waals surface area contributed by atoms with Crippen molar-refractivity contribution in [1.82, 2.24) is 0 Å². The second-order valence-electron chi connectivity index (χ2n) is 4.09. The zero-order valence-corrected chi connectivity index (χ0v) is 12.7. The van der Waals surface area contributed by atoms with Crippen LogP contribution in [-0.2, 0) is 6.42 Å². The molecule has 1 unspecified atom stereocenters. The van der Waals surface area contributed by atoms with E-state index in [9.17, 15) is 5.11 Å². The van der Waals surface area contributed by atoms with Gasteiger partial charge in [0, 0.05) is 32.1 Å². The monoisotopic (exact) mass is 334 g/mol. The van der Waals surface area contributed by atoms with Crippen molar-refractivity contribution in [3.05, 3.63) is 67.6 Å². The summed E-state index contributed by atoms with van der Waals surface area (Å²) in [5, 5.41) is 12.3. The second-order valence-corrected chi connectivity index (χ2v) is 5.74. The Morgan fingerprint density at radius 3 is 2.16 bits per heavy atom. The third kappa shape index (κ3) is 3.56. The summed E-state index contributed by atoms with van der Waals surface area (Å²) in [5.41, 5.74) is 1.25. The van der Waals surface area contributed by atoms with Crippen molar-refractivity contribution in [3.8, 4) is 0 Å². The Labute approximate surface area is 131 Å². The average molecular weight is 336 g/mol. The number of aliphatic hydroxyl groups is 1. The molecular formula is C14H10Cl4O. The molecule has 0 fully saturated rings. The summed E-state index contributed by atoms with van der Waals surface area (Å²) in [6.07, 6.45) is -0.540. The van der Waals surface area contributed by atoms with Gasteiger partial charge in [0.25, 0.3) is 0 Å². The standard InChI is InChI=1S/C14H10Cl4O/c15-8-4-5-13(18)10(6-8)14(19)7-9-11(16)2-1-3-12(9)17/h1-6,14,19H,7H2. The molecule has 2 aromatic carbocycles. The fourth-order valence-electron chi connectivity index (χ4n) is 1.80. The Hall–Kier alpha value is -0.440. The molecule has 0 radical (unpaired) electrons. The molecule has 0 aliphatic carbocycles. The summed E-state index contributed by atoms with van der Waals surface area (Å²) in [6.45, 7) is 0. The first kappa shape index (κ1) is 15.0. The molecule has 1 N–H and O–H groups in total. The van der Waals surface area contributed by atoms with Crippen LogP contribution in [0.15, 0.2) is 36.4 Å². The summed E-state index contributed by atoms with van der Waals surface area (Å²) in [6, 6.07) is 10.2. The van der Waals surface area contributed by atoms with E-state index in [-0.39, 0.29) is 6.42 Å². The minimum Gasteiger partial charge on any atom is -0.388 e. The van der Waals surface area contributed by atoms with Crippen LogP contribution in [0.1, 0.15) is 17.2 Å². The van der Waals surface area contributed by atoms with Gasteiger partial charge >= 0.3 is 0 Å². The van der Waals surface area contributed by atoms with Crippen LogP contribution < -0.4 is 0 Å². The number of hydrogen-bond donors (Lipinski definition) is 1. The fourth-order valence-corrected chi connectivity index (χ4v) is 2.78. The molecule has 1 atom stereocenters. The highest BCUT2D eigenvalue weighted by atomic mass is 35.5. The maximum Gasteiger partial charge on any atom is 0.0846 e. The number of rotatable bonds is 3. The number of benzene rings is 2. The van der Waals surface area contributed by atoms with Gasteiger partial charge in [-0.15, -0.1) is 0 Å². The molecule has 19 heavy (non-hydrogen) atoms. The zero-order valence-electron chi connectivity index (χ0n) is 9.71. The lowest BCUT2D eigenvalue weighted by Gasteiger charge is -2.15. The van der Waals surface area contributed by atoms with E-state index in [4.69, 9.17) is 46.4 Å². The van der Waals surface area contributed by atoms with Gasteiger partial charge < -0.3 is 5.11 Å². The molecule has 0 heterocycles. The molecule has 2 rings (SSSR count). The summed E-state index contributed by atoms with van der Waals surface area (Å²) in [5.74, 6) is 0. The SMILES string of the molecule is OC(Cc1c(Cl)cccc1Cl)c1cc(Cl)ccc1Cl. The van der Waals surface area contributed by atoms with E-state index in [2.05, 4.69) is 0 Å². The van der Waals surface area contributed by atoms with Crippen LogP contribution in [0.25, 0.3) is 0 Å². The van der Waals surface area contributed by atoms with Gasteiger partial charge in [0.15, 0.2) is 0 Å². The predicted molar refractivity (Wildman–Crippen MR) is 81.6 cm³/mol. The van der Waals surface area contributed by atoms with E-state index < -0.39 is 6.10 Å². The predicted octanol–water partition coefficient (Wildman–Crippen LogP) is 5.58. The molecule has 0 saturated heterocycles. The van der Waals surface area contributed by atoms with Gasteiger partial charge in [-0.3, -0.25) is 0 Å². The highest BCUT2D eigenvalue weighted by molar-refractivity contribution is 6.36. The van der Waals surface area contributed by atoms with Crippen molar-refractivity contribution < 1.29 is 5.11 Å². The largest absolute Gasteiger partial charge is 0.388 e. The third-order valence-corrected chi connectivity index (χ3v) is 4.06. The van der Waals surface area contributed by atoms with Crippen molar-refractivity contribution in [3.63, 3.8) is 0 Å². The Morgan fingerprint density at radius 2 is 1.53 bits per heavy atom. The van der Waals surface area contributed by atoms with Gasteiger partial charge in [-0.05, 0) is 35.9 Å². The van der Waals surface area contributed by atoms with Crippen molar-refractivity contribution in [2.24, 2.45) is 0 Å². The topological polar surface area (TPSA) is 20.2 Å². The lowest BCUT2D eigenvalue weighted by atomic mass is 10.0.